The summed E-state index contributed by atoms with van der Waals surface area (Å²) >= 11 is 0. The maximum Gasteiger partial charge on any atom is 0.360 e. The molecule has 2 saturated heterocycles. The molecule has 18 nitrogen and oxygen atoms in total. The van der Waals surface area contributed by atoms with Crippen LogP contribution in [0.2, 0.25) is 0 Å². The average molecular weight is 857 g/mol. The molecule has 63 heavy (non-hydrogen) atoms. The third-order valence-corrected chi connectivity index (χ3v) is 10.6. The Morgan fingerprint density at radius 2 is 1.03 bits per heavy atom. The van der Waals surface area contributed by atoms with Gasteiger partial charge in [-0.1, -0.05) is 72.8 Å². The molecular formula is C45H40N6O12. The van der Waals surface area contributed by atoms with Gasteiger partial charge in [0.05, 0.1) is 55.7 Å². The van der Waals surface area contributed by atoms with Gasteiger partial charge in [0.2, 0.25) is 11.5 Å². The zero-order valence-electron chi connectivity index (χ0n) is 33.9. The minimum Gasteiger partial charge on any atom is -0.481 e. The van der Waals surface area contributed by atoms with Crippen molar-refractivity contribution in [1.29, 1.82) is 0 Å². The standard InChI is InChI=1S/C23H21N3O6.C22H19N3O6/c1-29-23(28)19-20(31-14-15-6-3-2-4-7-15)22(27)26-21(24-19)18-16(8-5-9-17(18)32-26)25-10-12-30-13-11-25;26-21-19(30-13-14-5-2-1-3-6-14)18(22(27)28)23-20-17-15(24-9-11-29-12-10-24)7-4-8-16(17)31-25(20)21/h2-9H,10-14H2,1H3;1-8H,9-13H2,(H,27,28). The molecule has 2 aliphatic rings. The largest absolute Gasteiger partial charge is 0.481 e. The fourth-order valence-corrected chi connectivity index (χ4v) is 7.54. The number of fused-ring (bicyclic) bond motifs is 6. The van der Waals surface area contributed by atoms with Crippen LogP contribution in [-0.4, -0.2) is 95.9 Å². The van der Waals surface area contributed by atoms with E-state index in [0.29, 0.717) is 74.5 Å². The van der Waals surface area contributed by atoms with Crippen LogP contribution in [0.4, 0.5) is 11.4 Å². The number of carbonyl (C=O) groups excluding carboxylic acids is 1. The Balaban J connectivity index is 0.000000160. The maximum atomic E-state index is 13.3. The summed E-state index contributed by atoms with van der Waals surface area (Å²) in [5, 5.41) is 11.0. The van der Waals surface area contributed by atoms with Gasteiger partial charge in [-0.25, -0.2) is 19.6 Å². The van der Waals surface area contributed by atoms with Crippen LogP contribution in [0.1, 0.15) is 32.1 Å². The van der Waals surface area contributed by atoms with Crippen LogP contribution in [0.15, 0.2) is 116 Å². The first-order valence-electron chi connectivity index (χ1n) is 20.1. The lowest BCUT2D eigenvalue weighted by Gasteiger charge is -2.29. The molecule has 18 heteroatoms. The van der Waals surface area contributed by atoms with Crippen molar-refractivity contribution < 1.29 is 47.4 Å². The van der Waals surface area contributed by atoms with Crippen molar-refractivity contribution in [1.82, 2.24) is 19.1 Å². The molecule has 0 unspecified atom stereocenters. The number of ether oxygens (including phenoxy) is 5. The van der Waals surface area contributed by atoms with Gasteiger partial charge in [-0.2, -0.15) is 0 Å². The summed E-state index contributed by atoms with van der Waals surface area (Å²) in [6, 6.07) is 29.5. The minimum atomic E-state index is -1.35. The number of aromatic carboxylic acids is 1. The number of hydrogen-bond donors (Lipinski definition) is 1. The molecule has 0 amide bonds. The molecule has 0 atom stereocenters. The SMILES string of the molecule is COC(=O)c1nc2c3c(N4CCOCC4)cccc3on2c(=O)c1OCc1ccccc1.O=C(O)c1nc2c3c(N4CCOCC4)cccc3on2c(=O)c1OCc1ccccc1. The Morgan fingerprint density at radius 1 is 0.603 bits per heavy atom. The van der Waals surface area contributed by atoms with Crippen molar-refractivity contribution in [2.45, 2.75) is 13.2 Å². The lowest BCUT2D eigenvalue weighted by Crippen LogP contribution is -2.36. The highest BCUT2D eigenvalue weighted by Gasteiger charge is 2.28. The first-order chi connectivity index (χ1) is 30.8. The van der Waals surface area contributed by atoms with E-state index in [2.05, 4.69) is 19.8 Å². The molecule has 10 rings (SSSR count). The molecule has 2 fully saturated rings. The predicted molar refractivity (Wildman–Crippen MR) is 228 cm³/mol. The third kappa shape index (κ3) is 7.99. The number of benzene rings is 4. The Bertz CT molecular complexity index is 3080. The quantitative estimate of drug-likeness (QED) is 0.176. The second-order valence-electron chi connectivity index (χ2n) is 14.5. The number of aromatic nitrogens is 4. The van der Waals surface area contributed by atoms with Crippen LogP contribution in [0, 0.1) is 0 Å². The Labute approximate surface area is 356 Å². The molecule has 2 aliphatic heterocycles. The van der Waals surface area contributed by atoms with Crippen LogP contribution in [0.3, 0.4) is 0 Å². The summed E-state index contributed by atoms with van der Waals surface area (Å²) in [6.45, 7) is 5.22. The number of rotatable bonds is 10. The number of esters is 1. The van der Waals surface area contributed by atoms with Crippen molar-refractivity contribution in [2.75, 3.05) is 69.5 Å². The van der Waals surface area contributed by atoms with Gasteiger partial charge >= 0.3 is 23.1 Å². The molecule has 0 radical (unpaired) electrons. The monoisotopic (exact) mass is 856 g/mol. The number of carbonyl (C=O) groups is 2. The molecule has 0 saturated carbocycles. The second-order valence-corrected chi connectivity index (χ2v) is 14.5. The molecule has 8 aromatic rings. The average Bonchev–Trinajstić information content (AvgIpc) is 3.91. The van der Waals surface area contributed by atoms with Crippen molar-refractivity contribution in [2.24, 2.45) is 0 Å². The molecule has 322 valence electrons. The molecule has 4 aromatic carbocycles. The molecule has 4 aromatic heterocycles. The van der Waals surface area contributed by atoms with Crippen LogP contribution in [0.5, 0.6) is 11.5 Å². The number of morpholine rings is 2. The van der Waals surface area contributed by atoms with Crippen molar-refractivity contribution in [3.63, 3.8) is 0 Å². The lowest BCUT2D eigenvalue weighted by molar-refractivity contribution is 0.0586. The van der Waals surface area contributed by atoms with Gasteiger partial charge in [-0.05, 0) is 35.4 Å². The number of methoxy groups -OCH3 is 1. The molecule has 1 N–H and O–H groups in total. The van der Waals surface area contributed by atoms with Gasteiger partial charge in [-0.15, -0.1) is 9.15 Å². The van der Waals surface area contributed by atoms with E-state index < -0.39 is 28.8 Å². The molecule has 6 heterocycles. The number of carboxylic acid groups (broad SMARTS) is 1. The van der Waals surface area contributed by atoms with Crippen LogP contribution in [-0.2, 0) is 27.4 Å². The molecule has 0 spiro atoms. The van der Waals surface area contributed by atoms with E-state index in [0.717, 1.165) is 31.6 Å². The van der Waals surface area contributed by atoms with Gasteiger partial charge in [0, 0.05) is 26.2 Å². The van der Waals surface area contributed by atoms with E-state index in [9.17, 15) is 24.3 Å². The van der Waals surface area contributed by atoms with Gasteiger partial charge in [0.1, 0.15) is 13.2 Å². The summed E-state index contributed by atoms with van der Waals surface area (Å²) in [7, 11) is 1.24. The third-order valence-electron chi connectivity index (χ3n) is 10.6. The summed E-state index contributed by atoms with van der Waals surface area (Å²) < 4.78 is 40.8. The number of nitrogens with zero attached hydrogens (tertiary/aromatic N) is 6. The van der Waals surface area contributed by atoms with Gasteiger partial charge < -0.3 is 47.6 Å². The zero-order chi connectivity index (χ0) is 43.5. The molecule has 0 aliphatic carbocycles. The normalized spacial score (nSPS) is 14.2. The first-order valence-corrected chi connectivity index (χ1v) is 20.1. The zero-order valence-corrected chi connectivity index (χ0v) is 33.9. The number of carboxylic acids is 1. The van der Waals surface area contributed by atoms with Crippen molar-refractivity contribution >= 4 is 56.5 Å². The van der Waals surface area contributed by atoms with Crippen LogP contribution in [0.25, 0.3) is 33.2 Å². The predicted octanol–water partition coefficient (Wildman–Crippen LogP) is 5.20. The molecular weight excluding hydrogens is 817 g/mol. The lowest BCUT2D eigenvalue weighted by atomic mass is 10.2. The van der Waals surface area contributed by atoms with Gasteiger partial charge in [0.25, 0.3) is 0 Å². The topological polar surface area (TPSA) is 202 Å². The fourth-order valence-electron chi connectivity index (χ4n) is 7.54. The van der Waals surface area contributed by atoms with Gasteiger partial charge in [-0.3, -0.25) is 9.59 Å². The van der Waals surface area contributed by atoms with Crippen molar-refractivity contribution in [3.8, 4) is 11.5 Å². The minimum absolute atomic E-state index is 0.0311. The van der Waals surface area contributed by atoms with Crippen molar-refractivity contribution in [3.05, 3.63) is 140 Å². The first kappa shape index (κ1) is 40.7. The number of hydrogen-bond acceptors (Lipinski definition) is 15. The molecule has 0 bridgehead atoms. The van der Waals surface area contributed by atoms with E-state index in [1.54, 1.807) is 12.1 Å². The van der Waals surface area contributed by atoms with E-state index in [4.69, 9.17) is 32.7 Å². The summed E-state index contributed by atoms with van der Waals surface area (Å²) in [6.07, 6.45) is 0. The highest BCUT2D eigenvalue weighted by atomic mass is 16.5. The Morgan fingerprint density at radius 3 is 1.46 bits per heavy atom. The van der Waals surface area contributed by atoms with E-state index >= 15 is 0 Å². The van der Waals surface area contributed by atoms with E-state index in [-0.39, 0.29) is 41.7 Å². The number of anilines is 2. The summed E-state index contributed by atoms with van der Waals surface area (Å²) in [5.41, 5.74) is 2.65. The Kier molecular flexibility index (Phi) is 11.4. The van der Waals surface area contributed by atoms with Crippen LogP contribution < -0.4 is 30.4 Å². The highest BCUT2D eigenvalue weighted by molar-refractivity contribution is 6.03. The summed E-state index contributed by atoms with van der Waals surface area (Å²) in [5.74, 6) is -2.68. The maximum absolute atomic E-state index is 13.3. The highest BCUT2D eigenvalue weighted by Crippen LogP contribution is 2.34. The van der Waals surface area contributed by atoms with E-state index in [1.165, 1.54) is 7.11 Å². The van der Waals surface area contributed by atoms with E-state index in [1.807, 2.05) is 84.9 Å². The second kappa shape index (κ2) is 17.7. The fraction of sp³-hybridized carbons (Fsp3) is 0.244. The smallest absolute Gasteiger partial charge is 0.360 e. The summed E-state index contributed by atoms with van der Waals surface area (Å²) in [4.78, 5) is 63.9. The Hall–Kier alpha value is -7.70. The van der Waals surface area contributed by atoms with Gasteiger partial charge in [0.15, 0.2) is 33.8 Å². The van der Waals surface area contributed by atoms with Crippen LogP contribution >= 0.6 is 0 Å².